The van der Waals surface area contributed by atoms with Crippen LogP contribution in [0.5, 0.6) is 0 Å². The maximum absolute atomic E-state index is 11.8. The Labute approximate surface area is 92.0 Å². The average molecular weight is 302 g/mol. The first-order valence-corrected chi connectivity index (χ1v) is 5.80. The first-order chi connectivity index (χ1) is 7.14. The van der Waals surface area contributed by atoms with Crippen LogP contribution in [0.1, 0.15) is 0 Å². The lowest BCUT2D eigenvalue weighted by Gasteiger charge is -2.07. The summed E-state index contributed by atoms with van der Waals surface area (Å²) in [6.45, 7) is 0. The van der Waals surface area contributed by atoms with Crippen molar-refractivity contribution in [2.45, 2.75) is 4.59 Å². The fraction of sp³-hybridized carbons (Fsp3) is 0.333. The van der Waals surface area contributed by atoms with Crippen molar-refractivity contribution in [3.05, 3.63) is 0 Å². The molecule has 0 fully saturated rings. The van der Waals surface area contributed by atoms with Gasteiger partial charge in [-0.15, -0.1) is 0 Å². The maximum Gasteiger partial charge on any atom is 0.495 e. The minimum Gasteiger partial charge on any atom is -0.473 e. The predicted octanol–water partition coefficient (Wildman–Crippen LogP) is -1.53. The fourth-order valence-corrected chi connectivity index (χ4v) is 1.20. The molecule has 4 N–H and O–H groups in total. The molecule has 10 nitrogen and oxygen atoms in total. The summed E-state index contributed by atoms with van der Waals surface area (Å²) in [5.41, 5.74) is 0. The number of halogens is 2. The molecule has 0 saturated heterocycles. The summed E-state index contributed by atoms with van der Waals surface area (Å²) in [6.07, 6.45) is 0. The topological polar surface area (TPSA) is 183 Å². The summed E-state index contributed by atoms with van der Waals surface area (Å²) >= 11 is 0. The van der Waals surface area contributed by atoms with Crippen LogP contribution in [0, 0.1) is 0 Å². The number of carbonyl (C=O) groups is 2. The molecule has 0 aromatic heterocycles. The molecule has 0 amide bonds. The van der Waals surface area contributed by atoms with Crippen molar-refractivity contribution in [3.8, 4) is 0 Å². The van der Waals surface area contributed by atoms with Crippen molar-refractivity contribution in [1.82, 2.24) is 0 Å². The maximum atomic E-state index is 11.8. The van der Waals surface area contributed by atoms with E-state index >= 15 is 0 Å². The van der Waals surface area contributed by atoms with Crippen molar-refractivity contribution in [1.29, 1.82) is 0 Å². The molecule has 102 valence electrons. The van der Waals surface area contributed by atoms with Gasteiger partial charge in [0.25, 0.3) is 0 Å². The Bertz CT molecular complexity index is 454. The quantitative estimate of drug-likeness (QED) is 0.344. The Kier molecular flexibility index (Phi) is 5.61. The molecule has 0 unspecified atom stereocenters. The lowest BCUT2D eigenvalue weighted by atomic mass is 10.7. The third kappa shape index (κ3) is 5.48. The Balaban J connectivity index is 0. The highest BCUT2D eigenvalue weighted by molar-refractivity contribution is 8.04. The first-order valence-electron chi connectivity index (χ1n) is 2.92. The minimum atomic E-state index is -6.13. The monoisotopic (exact) mass is 302 g/mol. The van der Waals surface area contributed by atoms with E-state index in [1.807, 2.05) is 0 Å². The molecule has 17 heavy (non-hydrogen) atoms. The van der Waals surface area contributed by atoms with Crippen LogP contribution in [0.3, 0.4) is 0 Å². The molecule has 0 bridgehead atoms. The van der Waals surface area contributed by atoms with E-state index in [-0.39, 0.29) is 0 Å². The Hall–Kier alpha value is -1.38. The van der Waals surface area contributed by atoms with Crippen molar-refractivity contribution < 1.29 is 54.5 Å². The van der Waals surface area contributed by atoms with E-state index < -0.39 is 36.8 Å². The van der Waals surface area contributed by atoms with E-state index in [0.717, 1.165) is 0 Å². The molecule has 0 heterocycles. The summed E-state index contributed by atoms with van der Waals surface area (Å²) in [7, 11) is -12.3. The van der Waals surface area contributed by atoms with Gasteiger partial charge in [-0.05, 0) is 0 Å². The van der Waals surface area contributed by atoms with Crippen molar-refractivity contribution >= 4 is 32.2 Å². The number of aliphatic carboxylic acids is 2. The van der Waals surface area contributed by atoms with Gasteiger partial charge in [-0.2, -0.15) is 25.6 Å². The zero-order valence-electron chi connectivity index (χ0n) is 7.31. The number of hydrogen-bond acceptors (Lipinski definition) is 6. The number of alkyl halides is 2. The van der Waals surface area contributed by atoms with E-state index in [0.29, 0.717) is 0 Å². The van der Waals surface area contributed by atoms with Crippen LogP contribution >= 0.6 is 0 Å². The van der Waals surface area contributed by atoms with Crippen LogP contribution in [0.4, 0.5) is 8.78 Å². The van der Waals surface area contributed by atoms with Gasteiger partial charge in [0.1, 0.15) is 0 Å². The van der Waals surface area contributed by atoms with Crippen molar-refractivity contribution in [2.75, 3.05) is 0 Å². The van der Waals surface area contributed by atoms with Gasteiger partial charge >= 0.3 is 36.8 Å². The molecule has 14 heteroatoms. The third-order valence-corrected chi connectivity index (χ3v) is 3.25. The summed E-state index contributed by atoms with van der Waals surface area (Å²) in [4.78, 5) is 18.2. The third-order valence-electron chi connectivity index (χ3n) is 0.784. The van der Waals surface area contributed by atoms with Crippen molar-refractivity contribution in [3.63, 3.8) is 0 Å². The predicted molar refractivity (Wildman–Crippen MR) is 43.3 cm³/mol. The molecule has 0 aromatic carbocycles. The van der Waals surface area contributed by atoms with E-state index in [4.69, 9.17) is 28.9 Å². The average Bonchev–Trinajstić information content (AvgIpc) is 2.00. The van der Waals surface area contributed by atoms with Gasteiger partial charge in [-0.25, -0.2) is 9.59 Å². The summed E-state index contributed by atoms with van der Waals surface area (Å²) in [6, 6.07) is 0. The molecule has 0 atom stereocenters. The summed E-state index contributed by atoms with van der Waals surface area (Å²) < 4.78 is 71.3. The SMILES string of the molecule is O=C(O)C(=O)O.O=S(=O)(O)C(F)(F)S(=O)(=O)O. The molecule has 0 aliphatic heterocycles. The van der Waals surface area contributed by atoms with Crippen LogP contribution in [0.2, 0.25) is 0 Å². The first kappa shape index (κ1) is 18.0. The zero-order valence-corrected chi connectivity index (χ0v) is 8.94. The Morgan fingerprint density at radius 3 is 1.00 bits per heavy atom. The highest BCUT2D eigenvalue weighted by Crippen LogP contribution is 2.25. The highest BCUT2D eigenvalue weighted by Gasteiger charge is 2.57. The molecule has 0 aliphatic carbocycles. The normalized spacial score (nSPS) is 12.2. The van der Waals surface area contributed by atoms with Gasteiger partial charge in [0.2, 0.25) is 0 Å². The number of hydrogen-bond donors (Lipinski definition) is 4. The second-order valence-corrected chi connectivity index (χ2v) is 5.21. The molecule has 0 rings (SSSR count). The van der Waals surface area contributed by atoms with Gasteiger partial charge < -0.3 is 10.2 Å². The Morgan fingerprint density at radius 1 is 0.824 bits per heavy atom. The summed E-state index contributed by atoms with van der Waals surface area (Å²) in [5.74, 6) is -3.65. The molecule has 0 radical (unpaired) electrons. The lowest BCUT2D eigenvalue weighted by molar-refractivity contribution is -0.159. The molecule has 0 saturated carbocycles. The second kappa shape index (κ2) is 5.30. The largest absolute Gasteiger partial charge is 0.495 e. The molecule has 0 aromatic rings. The van der Waals surface area contributed by atoms with Crippen LogP contribution in [-0.2, 0) is 29.8 Å². The Morgan fingerprint density at radius 2 is 1.00 bits per heavy atom. The van der Waals surface area contributed by atoms with Crippen LogP contribution in [-0.4, -0.2) is 52.7 Å². The van der Waals surface area contributed by atoms with Crippen LogP contribution in [0.25, 0.3) is 0 Å². The van der Waals surface area contributed by atoms with E-state index in [1.165, 1.54) is 0 Å². The van der Waals surface area contributed by atoms with E-state index in [9.17, 15) is 25.6 Å². The minimum absolute atomic E-state index is 1.82. The number of carboxylic acid groups (broad SMARTS) is 2. The highest BCUT2D eigenvalue weighted by atomic mass is 32.3. The van der Waals surface area contributed by atoms with E-state index in [2.05, 4.69) is 0 Å². The van der Waals surface area contributed by atoms with Gasteiger partial charge in [0.05, 0.1) is 0 Å². The number of rotatable bonds is 2. The van der Waals surface area contributed by atoms with Crippen LogP contribution in [0.15, 0.2) is 0 Å². The fourth-order valence-electron chi connectivity index (χ4n) is 0.133. The van der Waals surface area contributed by atoms with Crippen LogP contribution < -0.4 is 0 Å². The molecule has 0 spiro atoms. The van der Waals surface area contributed by atoms with Gasteiger partial charge in [-0.3, -0.25) is 9.11 Å². The standard InChI is InChI=1S/C2H2O4.CH2F2O6S2/c3-1(4)2(5)6;2-1(3,10(4,5)6)11(7,8)9/h(H,3,4)(H,5,6);(H,4,5,6)(H,7,8,9). The van der Waals surface area contributed by atoms with Crippen molar-refractivity contribution in [2.24, 2.45) is 0 Å². The smallest absolute Gasteiger partial charge is 0.473 e. The molecular formula is C3H4F2O10S2. The molecule has 0 aliphatic rings. The summed E-state index contributed by atoms with van der Waals surface area (Å²) in [5, 5.41) is 14.8. The number of carboxylic acids is 2. The zero-order chi connectivity index (χ0) is 14.7. The van der Waals surface area contributed by atoms with Gasteiger partial charge in [0, 0.05) is 0 Å². The van der Waals surface area contributed by atoms with Gasteiger partial charge in [-0.1, -0.05) is 0 Å². The molecular weight excluding hydrogens is 298 g/mol. The van der Waals surface area contributed by atoms with Gasteiger partial charge in [0.15, 0.2) is 0 Å². The second-order valence-electron chi connectivity index (χ2n) is 2.02. The lowest BCUT2D eigenvalue weighted by Crippen LogP contribution is -2.36. The van der Waals surface area contributed by atoms with E-state index in [1.54, 1.807) is 0 Å².